The molecule has 0 saturated carbocycles. The third kappa shape index (κ3) is 4.07. The number of benzene rings is 1. The van der Waals surface area contributed by atoms with E-state index in [0.29, 0.717) is 10.8 Å². The number of anilines is 3. The molecule has 0 aliphatic heterocycles. The summed E-state index contributed by atoms with van der Waals surface area (Å²) in [6.07, 6.45) is 0. The van der Waals surface area contributed by atoms with Gasteiger partial charge in [-0.05, 0) is 28.1 Å². The molecule has 0 fully saturated rings. The molecule has 2 rings (SSSR count). The second-order valence-electron chi connectivity index (χ2n) is 3.65. The number of carbonyl (C=O) groups excluding carboxylic acids is 1. The van der Waals surface area contributed by atoms with Crippen LogP contribution in [-0.2, 0) is 4.79 Å². The quantitative estimate of drug-likeness (QED) is 0.712. The molecule has 0 aliphatic carbocycles. The lowest BCUT2D eigenvalue weighted by atomic mass is 10.3. The van der Waals surface area contributed by atoms with Crippen LogP contribution >= 0.6 is 27.7 Å². The number of rotatable bonds is 4. The van der Waals surface area contributed by atoms with Crippen LogP contribution in [0.1, 0.15) is 0 Å². The van der Waals surface area contributed by atoms with Crippen LogP contribution in [0.3, 0.4) is 0 Å². The van der Waals surface area contributed by atoms with Gasteiger partial charge in [0, 0.05) is 4.47 Å². The molecule has 1 amide bonds. The van der Waals surface area contributed by atoms with Gasteiger partial charge in [-0.1, -0.05) is 23.9 Å². The van der Waals surface area contributed by atoms with Crippen LogP contribution in [0.2, 0.25) is 0 Å². The van der Waals surface area contributed by atoms with Gasteiger partial charge in [-0.2, -0.15) is 15.0 Å². The van der Waals surface area contributed by atoms with Crippen molar-refractivity contribution in [2.75, 3.05) is 22.5 Å². The van der Waals surface area contributed by atoms with Crippen LogP contribution in [0.4, 0.5) is 17.6 Å². The molecule has 0 spiro atoms. The molecule has 1 heterocycles. The monoisotopic (exact) mass is 354 g/mol. The summed E-state index contributed by atoms with van der Waals surface area (Å²) in [7, 11) is 0. The Kier molecular flexibility index (Phi) is 4.74. The summed E-state index contributed by atoms with van der Waals surface area (Å²) in [5.41, 5.74) is 11.6. The maximum Gasteiger partial charge on any atom is 0.234 e. The highest BCUT2D eigenvalue weighted by molar-refractivity contribution is 9.10. The van der Waals surface area contributed by atoms with Gasteiger partial charge in [0.2, 0.25) is 17.8 Å². The fraction of sp³-hybridized carbons (Fsp3) is 0.0909. The number of hydrogen-bond acceptors (Lipinski definition) is 7. The lowest BCUT2D eigenvalue weighted by molar-refractivity contribution is -0.113. The van der Waals surface area contributed by atoms with Gasteiger partial charge < -0.3 is 16.8 Å². The van der Waals surface area contributed by atoms with Crippen LogP contribution in [0.5, 0.6) is 0 Å². The van der Waals surface area contributed by atoms with Crippen LogP contribution in [0.25, 0.3) is 0 Å². The van der Waals surface area contributed by atoms with Gasteiger partial charge in [0.15, 0.2) is 5.16 Å². The Morgan fingerprint density at radius 3 is 2.50 bits per heavy atom. The number of amides is 1. The molecule has 2 aromatic rings. The van der Waals surface area contributed by atoms with E-state index in [1.165, 1.54) is 0 Å². The summed E-state index contributed by atoms with van der Waals surface area (Å²) < 4.78 is 0.812. The molecular weight excluding hydrogens is 344 g/mol. The zero-order chi connectivity index (χ0) is 14.5. The highest BCUT2D eigenvalue weighted by Crippen LogP contribution is 2.22. The zero-order valence-corrected chi connectivity index (χ0v) is 12.6. The molecule has 1 aromatic carbocycles. The van der Waals surface area contributed by atoms with E-state index >= 15 is 0 Å². The van der Waals surface area contributed by atoms with Crippen molar-refractivity contribution >= 4 is 51.2 Å². The fourth-order valence-electron chi connectivity index (χ4n) is 1.33. The van der Waals surface area contributed by atoms with E-state index in [2.05, 4.69) is 36.2 Å². The van der Waals surface area contributed by atoms with Gasteiger partial charge in [0.25, 0.3) is 0 Å². The SMILES string of the molecule is Nc1nc(N)nc(SCC(=O)Nc2ccccc2Br)n1. The third-order valence-corrected chi connectivity index (χ3v) is 3.67. The van der Waals surface area contributed by atoms with Crippen molar-refractivity contribution in [3.05, 3.63) is 28.7 Å². The molecule has 9 heteroatoms. The Morgan fingerprint density at radius 1 is 1.20 bits per heavy atom. The number of nitrogens with zero attached hydrogens (tertiary/aromatic N) is 3. The first-order chi connectivity index (χ1) is 9.54. The van der Waals surface area contributed by atoms with Crippen LogP contribution < -0.4 is 16.8 Å². The van der Waals surface area contributed by atoms with Crippen molar-refractivity contribution in [2.24, 2.45) is 0 Å². The van der Waals surface area contributed by atoms with E-state index < -0.39 is 0 Å². The van der Waals surface area contributed by atoms with Gasteiger partial charge in [0.05, 0.1) is 11.4 Å². The molecule has 0 unspecified atom stereocenters. The topological polar surface area (TPSA) is 120 Å². The summed E-state index contributed by atoms with van der Waals surface area (Å²) >= 11 is 4.48. The van der Waals surface area contributed by atoms with Crippen molar-refractivity contribution < 1.29 is 4.79 Å². The Hall–Kier alpha value is -1.87. The third-order valence-electron chi connectivity index (χ3n) is 2.13. The number of para-hydroxylation sites is 1. The van der Waals surface area contributed by atoms with Gasteiger partial charge in [-0.3, -0.25) is 4.79 Å². The van der Waals surface area contributed by atoms with E-state index in [9.17, 15) is 4.79 Å². The smallest absolute Gasteiger partial charge is 0.234 e. The molecule has 0 saturated heterocycles. The van der Waals surface area contributed by atoms with Gasteiger partial charge >= 0.3 is 0 Å². The number of halogens is 1. The van der Waals surface area contributed by atoms with Crippen molar-refractivity contribution in [3.8, 4) is 0 Å². The van der Waals surface area contributed by atoms with E-state index in [1.807, 2.05) is 18.2 Å². The molecule has 5 N–H and O–H groups in total. The molecule has 20 heavy (non-hydrogen) atoms. The first-order valence-corrected chi connectivity index (χ1v) is 7.26. The predicted octanol–water partition coefficient (Wildman–Crippen LogP) is 1.53. The van der Waals surface area contributed by atoms with Gasteiger partial charge in [-0.25, -0.2) is 0 Å². The average molecular weight is 355 g/mol. The summed E-state index contributed by atoms with van der Waals surface area (Å²) in [4.78, 5) is 23.2. The van der Waals surface area contributed by atoms with E-state index in [4.69, 9.17) is 11.5 Å². The van der Waals surface area contributed by atoms with Crippen LogP contribution in [-0.4, -0.2) is 26.6 Å². The normalized spacial score (nSPS) is 10.2. The molecule has 0 aliphatic rings. The second-order valence-corrected chi connectivity index (χ2v) is 5.45. The number of hydrogen-bond donors (Lipinski definition) is 3. The lowest BCUT2D eigenvalue weighted by Crippen LogP contribution is -2.15. The Morgan fingerprint density at radius 2 is 1.85 bits per heavy atom. The highest BCUT2D eigenvalue weighted by Gasteiger charge is 2.08. The Labute approximate surface area is 127 Å². The maximum absolute atomic E-state index is 11.8. The van der Waals surface area contributed by atoms with Crippen molar-refractivity contribution in [1.29, 1.82) is 0 Å². The van der Waals surface area contributed by atoms with Gasteiger partial charge in [0.1, 0.15) is 0 Å². The highest BCUT2D eigenvalue weighted by atomic mass is 79.9. The molecule has 0 radical (unpaired) electrons. The molecule has 1 aromatic heterocycles. The Bertz CT molecular complexity index is 618. The average Bonchev–Trinajstić information content (AvgIpc) is 2.38. The lowest BCUT2D eigenvalue weighted by Gasteiger charge is -2.06. The first kappa shape index (κ1) is 14.5. The molecular formula is C11H11BrN6OS. The van der Waals surface area contributed by atoms with Crippen molar-refractivity contribution in [3.63, 3.8) is 0 Å². The van der Waals surface area contributed by atoms with Crippen LogP contribution in [0, 0.1) is 0 Å². The molecule has 7 nitrogen and oxygen atoms in total. The maximum atomic E-state index is 11.8. The number of nitrogens with two attached hydrogens (primary N) is 2. The minimum Gasteiger partial charge on any atom is -0.368 e. The molecule has 0 bridgehead atoms. The fourth-order valence-corrected chi connectivity index (χ4v) is 2.36. The molecule has 0 atom stereocenters. The number of nitrogens with one attached hydrogen (secondary N) is 1. The number of thioether (sulfide) groups is 1. The number of carbonyl (C=O) groups is 1. The number of aromatic nitrogens is 3. The van der Waals surface area contributed by atoms with Gasteiger partial charge in [-0.15, -0.1) is 0 Å². The largest absolute Gasteiger partial charge is 0.368 e. The Balaban J connectivity index is 1.94. The first-order valence-electron chi connectivity index (χ1n) is 5.49. The van der Waals surface area contributed by atoms with Crippen LogP contribution in [0.15, 0.2) is 33.9 Å². The summed E-state index contributed by atoms with van der Waals surface area (Å²) in [6.45, 7) is 0. The molecule has 104 valence electrons. The standard InChI is InChI=1S/C11H11BrN6OS/c12-6-3-1-2-4-7(6)15-8(19)5-20-11-17-9(13)16-10(14)18-11/h1-4H,5H2,(H,15,19)(H4,13,14,16,17,18). The van der Waals surface area contributed by atoms with E-state index in [1.54, 1.807) is 6.07 Å². The number of nitrogen functional groups attached to an aromatic ring is 2. The summed E-state index contributed by atoms with van der Waals surface area (Å²) in [6, 6.07) is 7.34. The second kappa shape index (κ2) is 6.53. The zero-order valence-electron chi connectivity index (χ0n) is 10.2. The summed E-state index contributed by atoms with van der Waals surface area (Å²) in [5.74, 6) is 0.0291. The minimum absolute atomic E-state index is 0.0335. The van der Waals surface area contributed by atoms with Crippen molar-refractivity contribution in [1.82, 2.24) is 15.0 Å². The predicted molar refractivity (Wildman–Crippen MR) is 82.1 cm³/mol. The minimum atomic E-state index is -0.181. The van der Waals surface area contributed by atoms with E-state index in [0.717, 1.165) is 16.2 Å². The van der Waals surface area contributed by atoms with Crippen molar-refractivity contribution in [2.45, 2.75) is 5.16 Å². The van der Waals surface area contributed by atoms with E-state index in [-0.39, 0.29) is 23.6 Å². The summed E-state index contributed by atoms with van der Waals surface area (Å²) in [5, 5.41) is 3.09.